The molecule has 1 aromatic rings. The Bertz CT molecular complexity index is 727. The minimum atomic E-state index is -0.509. The van der Waals surface area contributed by atoms with Crippen LogP contribution in [0.4, 0.5) is 16.2 Å². The van der Waals surface area contributed by atoms with E-state index in [0.29, 0.717) is 13.1 Å². The van der Waals surface area contributed by atoms with E-state index < -0.39 is 4.92 Å². The lowest BCUT2D eigenvalue weighted by atomic mass is 9.96. The highest BCUT2D eigenvalue weighted by Gasteiger charge is 2.24. The van der Waals surface area contributed by atoms with Gasteiger partial charge in [0, 0.05) is 31.2 Å². The lowest BCUT2D eigenvalue weighted by Crippen LogP contribution is -2.51. The second-order valence-corrected chi connectivity index (χ2v) is 7.83. The highest BCUT2D eigenvalue weighted by atomic mass is 16.6. The molecule has 29 heavy (non-hydrogen) atoms. The Hall–Kier alpha value is -2.68. The van der Waals surface area contributed by atoms with Crippen molar-refractivity contribution in [3.63, 3.8) is 0 Å². The zero-order valence-electron chi connectivity index (χ0n) is 16.6. The van der Waals surface area contributed by atoms with Gasteiger partial charge < -0.3 is 16.0 Å². The number of para-hydroxylation sites is 2. The van der Waals surface area contributed by atoms with Crippen molar-refractivity contribution in [1.82, 2.24) is 15.5 Å². The fraction of sp³-hybridized carbons (Fsp3) is 0.600. The number of likely N-dealkylation sites (tertiary alicyclic amines) is 1. The van der Waals surface area contributed by atoms with Crippen molar-refractivity contribution in [1.29, 1.82) is 0 Å². The molecule has 1 aliphatic carbocycles. The molecule has 3 rings (SSSR count). The van der Waals surface area contributed by atoms with Gasteiger partial charge in [0.2, 0.25) is 5.91 Å². The quantitative estimate of drug-likeness (QED) is 0.499. The van der Waals surface area contributed by atoms with Crippen LogP contribution in [-0.4, -0.2) is 53.5 Å². The van der Waals surface area contributed by atoms with Gasteiger partial charge in [0.1, 0.15) is 5.69 Å². The van der Waals surface area contributed by atoms with Crippen molar-refractivity contribution in [3.8, 4) is 0 Å². The van der Waals surface area contributed by atoms with Gasteiger partial charge in [-0.1, -0.05) is 31.4 Å². The first-order valence-corrected chi connectivity index (χ1v) is 10.3. The number of benzene rings is 1. The second kappa shape index (κ2) is 10.2. The average Bonchev–Trinajstić information content (AvgIpc) is 2.70. The van der Waals surface area contributed by atoms with E-state index in [1.54, 1.807) is 12.1 Å². The molecule has 3 N–H and O–H groups in total. The predicted octanol–water partition coefficient (Wildman–Crippen LogP) is 2.63. The zero-order chi connectivity index (χ0) is 20.6. The summed E-state index contributed by atoms with van der Waals surface area (Å²) in [4.78, 5) is 37.0. The average molecular weight is 403 g/mol. The monoisotopic (exact) mass is 403 g/mol. The number of nitro benzene ring substituents is 1. The number of anilines is 1. The van der Waals surface area contributed by atoms with Crippen LogP contribution in [0.25, 0.3) is 0 Å². The number of nitrogens with zero attached hydrogens (tertiary/aromatic N) is 2. The Morgan fingerprint density at radius 2 is 1.62 bits per heavy atom. The van der Waals surface area contributed by atoms with Gasteiger partial charge in [0.05, 0.1) is 11.5 Å². The van der Waals surface area contributed by atoms with Crippen LogP contribution in [0.3, 0.4) is 0 Å². The normalized spacial score (nSPS) is 18.8. The molecule has 0 spiro atoms. The van der Waals surface area contributed by atoms with Gasteiger partial charge in [-0.15, -0.1) is 0 Å². The van der Waals surface area contributed by atoms with Crippen LogP contribution in [-0.2, 0) is 4.79 Å². The third kappa shape index (κ3) is 6.42. The summed E-state index contributed by atoms with van der Waals surface area (Å²) in [6.45, 7) is 1.56. The molecule has 2 fully saturated rings. The van der Waals surface area contributed by atoms with Gasteiger partial charge >= 0.3 is 6.03 Å². The van der Waals surface area contributed by atoms with E-state index in [1.165, 1.54) is 31.4 Å². The maximum Gasteiger partial charge on any atom is 0.315 e. The van der Waals surface area contributed by atoms with Crippen molar-refractivity contribution in [2.24, 2.45) is 0 Å². The van der Waals surface area contributed by atoms with Crippen LogP contribution in [0.15, 0.2) is 24.3 Å². The summed E-state index contributed by atoms with van der Waals surface area (Å²) in [6, 6.07) is 6.41. The number of hydrogen-bond acceptors (Lipinski definition) is 5. The first-order valence-electron chi connectivity index (χ1n) is 10.3. The standard InChI is InChI=1S/C20H29N5O4/c26-19(23-17-8-4-5-9-18(17)25(28)29)14-24-12-10-16(11-13-24)22-20(27)21-15-6-2-1-3-7-15/h4-5,8-9,15-16H,1-3,6-7,10-14H2,(H,23,26)(H2,21,22,27). The molecule has 1 saturated carbocycles. The summed E-state index contributed by atoms with van der Waals surface area (Å²) in [6.07, 6.45) is 7.27. The van der Waals surface area contributed by atoms with Crippen LogP contribution in [0.1, 0.15) is 44.9 Å². The highest BCUT2D eigenvalue weighted by molar-refractivity contribution is 5.94. The number of nitrogens with one attached hydrogen (secondary N) is 3. The predicted molar refractivity (Wildman–Crippen MR) is 110 cm³/mol. The van der Waals surface area contributed by atoms with Gasteiger partial charge in [0.25, 0.3) is 5.69 Å². The highest BCUT2D eigenvalue weighted by Crippen LogP contribution is 2.23. The maximum atomic E-state index is 12.3. The fourth-order valence-corrected chi connectivity index (χ4v) is 4.03. The molecule has 1 saturated heterocycles. The number of piperidine rings is 1. The van der Waals surface area contributed by atoms with Crippen LogP contribution in [0, 0.1) is 10.1 Å². The molecule has 158 valence electrons. The van der Waals surface area contributed by atoms with Crippen LogP contribution in [0.5, 0.6) is 0 Å². The van der Waals surface area contributed by atoms with E-state index in [2.05, 4.69) is 16.0 Å². The number of nitro groups is 1. The van der Waals surface area contributed by atoms with Crippen molar-refractivity contribution in [2.75, 3.05) is 25.0 Å². The molecule has 1 heterocycles. The maximum absolute atomic E-state index is 12.3. The third-order valence-electron chi connectivity index (χ3n) is 5.61. The molecular weight excluding hydrogens is 374 g/mol. The largest absolute Gasteiger partial charge is 0.335 e. The van der Waals surface area contributed by atoms with E-state index in [4.69, 9.17) is 0 Å². The van der Waals surface area contributed by atoms with E-state index in [9.17, 15) is 19.7 Å². The molecule has 0 unspecified atom stereocenters. The number of carbonyl (C=O) groups is 2. The Balaban J connectivity index is 1.39. The number of amides is 3. The number of urea groups is 1. The molecule has 0 bridgehead atoms. The molecule has 1 aromatic carbocycles. The minimum Gasteiger partial charge on any atom is -0.335 e. The van der Waals surface area contributed by atoms with Gasteiger partial charge in [-0.3, -0.25) is 19.8 Å². The Morgan fingerprint density at radius 1 is 1.00 bits per heavy atom. The summed E-state index contributed by atoms with van der Waals surface area (Å²) in [5.41, 5.74) is 0.0890. The number of carbonyl (C=O) groups excluding carboxylic acids is 2. The van der Waals surface area contributed by atoms with Crippen molar-refractivity contribution >= 4 is 23.3 Å². The lowest BCUT2D eigenvalue weighted by Gasteiger charge is -2.32. The molecule has 0 atom stereocenters. The van der Waals surface area contributed by atoms with E-state index >= 15 is 0 Å². The third-order valence-corrected chi connectivity index (χ3v) is 5.61. The molecule has 2 aliphatic rings. The van der Waals surface area contributed by atoms with Gasteiger partial charge in [0.15, 0.2) is 0 Å². The smallest absolute Gasteiger partial charge is 0.315 e. The van der Waals surface area contributed by atoms with E-state index in [-0.39, 0.29) is 41.9 Å². The van der Waals surface area contributed by atoms with Crippen LogP contribution in [0.2, 0.25) is 0 Å². The molecule has 1 aliphatic heterocycles. The minimum absolute atomic E-state index is 0.0931. The van der Waals surface area contributed by atoms with Gasteiger partial charge in [-0.2, -0.15) is 0 Å². The summed E-state index contributed by atoms with van der Waals surface area (Å²) >= 11 is 0. The van der Waals surface area contributed by atoms with Crippen molar-refractivity contribution in [2.45, 2.75) is 57.0 Å². The van der Waals surface area contributed by atoms with Gasteiger partial charge in [-0.25, -0.2) is 4.79 Å². The topological polar surface area (TPSA) is 117 Å². The summed E-state index contributed by atoms with van der Waals surface area (Å²) < 4.78 is 0. The molecule has 0 radical (unpaired) electrons. The first-order chi connectivity index (χ1) is 14.0. The Labute approximate surface area is 170 Å². The SMILES string of the molecule is O=C(CN1CCC(NC(=O)NC2CCCCC2)CC1)Nc1ccccc1[N+](=O)[O-]. The summed E-state index contributed by atoms with van der Waals surface area (Å²) in [5, 5.41) is 19.8. The van der Waals surface area contributed by atoms with Crippen LogP contribution >= 0.6 is 0 Å². The molecule has 3 amide bonds. The molecule has 9 heteroatoms. The van der Waals surface area contributed by atoms with E-state index in [1.807, 2.05) is 4.90 Å². The van der Waals surface area contributed by atoms with E-state index in [0.717, 1.165) is 25.7 Å². The Morgan fingerprint density at radius 3 is 2.28 bits per heavy atom. The second-order valence-electron chi connectivity index (χ2n) is 7.83. The van der Waals surface area contributed by atoms with Crippen molar-refractivity contribution < 1.29 is 14.5 Å². The number of hydrogen-bond donors (Lipinski definition) is 3. The summed E-state index contributed by atoms with van der Waals surface area (Å²) in [7, 11) is 0. The molecule has 9 nitrogen and oxygen atoms in total. The first kappa shape index (κ1) is 21.0. The Kier molecular flexibility index (Phi) is 7.40. The van der Waals surface area contributed by atoms with Gasteiger partial charge in [-0.05, 0) is 31.7 Å². The van der Waals surface area contributed by atoms with Crippen LogP contribution < -0.4 is 16.0 Å². The fourth-order valence-electron chi connectivity index (χ4n) is 4.03. The zero-order valence-corrected chi connectivity index (χ0v) is 16.6. The summed E-state index contributed by atoms with van der Waals surface area (Å²) in [5.74, 6) is -0.277. The lowest BCUT2D eigenvalue weighted by molar-refractivity contribution is -0.383. The number of rotatable bonds is 6. The molecule has 0 aromatic heterocycles. The van der Waals surface area contributed by atoms with Crippen molar-refractivity contribution in [3.05, 3.63) is 34.4 Å². The molecular formula is C20H29N5O4.